The van der Waals surface area contributed by atoms with Crippen molar-refractivity contribution >= 4 is 6.41 Å². The zero-order valence-corrected chi connectivity index (χ0v) is 5.68. The molecule has 0 bridgehead atoms. The van der Waals surface area contributed by atoms with Gasteiger partial charge in [-0.2, -0.15) is 0 Å². The Morgan fingerprint density at radius 3 is 2.67 bits per heavy atom. The third-order valence-electron chi connectivity index (χ3n) is 1.11. The van der Waals surface area contributed by atoms with Crippen molar-refractivity contribution in [2.75, 3.05) is 6.54 Å². The Morgan fingerprint density at radius 2 is 2.11 bits per heavy atom. The van der Waals surface area contributed by atoms with Gasteiger partial charge in [0, 0.05) is 6.54 Å². The quantitative estimate of drug-likeness (QED) is 0.389. The summed E-state index contributed by atoms with van der Waals surface area (Å²) in [5.41, 5.74) is 0. The maximum absolute atomic E-state index is 9.66. The maximum Gasteiger partial charge on any atom is 0.228 e. The Kier molecular flexibility index (Phi) is 7.03. The molecule has 2 radical (unpaired) electrons. The molecule has 0 rings (SSSR count). The van der Waals surface area contributed by atoms with Crippen LogP contribution in [0.25, 0.3) is 0 Å². The Balaban J connectivity index is 2.66. The van der Waals surface area contributed by atoms with Crippen LogP contribution in [0.15, 0.2) is 0 Å². The minimum atomic E-state index is 0.615. The molecular weight excluding hydrogens is 114 g/mol. The molecular formula is C7H13NO. The fraction of sp³-hybridized carbons (Fsp3) is 0.714. The summed E-state index contributed by atoms with van der Waals surface area (Å²) in [4.78, 5) is 9.66. The van der Waals surface area contributed by atoms with E-state index in [1.807, 2.05) is 0 Å². The van der Waals surface area contributed by atoms with Crippen molar-refractivity contribution in [1.29, 1.82) is 0 Å². The van der Waals surface area contributed by atoms with E-state index in [1.165, 1.54) is 0 Å². The van der Waals surface area contributed by atoms with E-state index in [4.69, 9.17) is 0 Å². The predicted molar refractivity (Wildman–Crippen MR) is 36.9 cm³/mol. The second-order valence-corrected chi connectivity index (χ2v) is 1.93. The molecule has 0 fully saturated rings. The highest BCUT2D eigenvalue weighted by Gasteiger charge is 1.85. The second-order valence-electron chi connectivity index (χ2n) is 1.93. The van der Waals surface area contributed by atoms with Crippen LogP contribution in [0.4, 0.5) is 0 Å². The maximum atomic E-state index is 9.66. The molecule has 52 valence electrons. The van der Waals surface area contributed by atoms with E-state index in [9.17, 15) is 4.79 Å². The van der Waals surface area contributed by atoms with Crippen LogP contribution in [0.5, 0.6) is 0 Å². The van der Waals surface area contributed by atoms with E-state index in [-0.39, 0.29) is 0 Å². The lowest BCUT2D eigenvalue weighted by Gasteiger charge is -1.93. The third-order valence-corrected chi connectivity index (χ3v) is 1.11. The highest BCUT2D eigenvalue weighted by Crippen LogP contribution is 1.96. The molecule has 9 heavy (non-hydrogen) atoms. The molecule has 0 unspecified atom stereocenters. The molecule has 0 saturated carbocycles. The number of carbonyl (C=O) groups excluding carboxylic acids is 1. The average Bonchev–Trinajstić information content (AvgIpc) is 1.89. The normalized spacial score (nSPS) is 9.00. The van der Waals surface area contributed by atoms with Crippen LogP contribution in [0.2, 0.25) is 0 Å². The summed E-state index contributed by atoms with van der Waals surface area (Å²) in [5.74, 6) is 0. The lowest BCUT2D eigenvalue weighted by Crippen LogP contribution is -2.02. The monoisotopic (exact) mass is 127 g/mol. The largest absolute Gasteiger partial charge is 0.277 e. The Labute approximate surface area is 56.6 Å². The number of nitrogens with zero attached hydrogens (tertiary/aromatic N) is 1. The highest BCUT2D eigenvalue weighted by atomic mass is 16.1. The molecule has 0 spiro atoms. The van der Waals surface area contributed by atoms with Crippen molar-refractivity contribution in [1.82, 2.24) is 5.32 Å². The standard InChI is InChI=1S/C7H13NO/c1-2-3-4-5-6-8-7-9/h7H,1-6H2. The van der Waals surface area contributed by atoms with Gasteiger partial charge in [-0.1, -0.05) is 26.2 Å². The van der Waals surface area contributed by atoms with Gasteiger partial charge >= 0.3 is 0 Å². The summed E-state index contributed by atoms with van der Waals surface area (Å²) < 4.78 is 0. The van der Waals surface area contributed by atoms with Crippen LogP contribution < -0.4 is 5.32 Å². The van der Waals surface area contributed by atoms with Crippen LogP contribution >= 0.6 is 0 Å². The van der Waals surface area contributed by atoms with Gasteiger partial charge in [0.25, 0.3) is 0 Å². The summed E-state index contributed by atoms with van der Waals surface area (Å²) >= 11 is 0. The minimum absolute atomic E-state index is 0.615. The molecule has 0 N–H and O–H groups in total. The van der Waals surface area contributed by atoms with E-state index in [1.54, 1.807) is 0 Å². The first-order valence-electron chi connectivity index (χ1n) is 3.31. The predicted octanol–water partition coefficient (Wildman–Crippen LogP) is 1.14. The van der Waals surface area contributed by atoms with Gasteiger partial charge in [-0.3, -0.25) is 10.1 Å². The summed E-state index contributed by atoms with van der Waals surface area (Å²) in [6.07, 6.45) is 4.91. The summed E-state index contributed by atoms with van der Waals surface area (Å²) in [5, 5.41) is 3.54. The fourth-order valence-electron chi connectivity index (χ4n) is 0.609. The van der Waals surface area contributed by atoms with Crippen molar-refractivity contribution in [3.05, 3.63) is 6.92 Å². The summed E-state index contributed by atoms with van der Waals surface area (Å²) in [6.45, 7) is 4.39. The molecule has 2 heteroatoms. The lowest BCUT2D eigenvalue weighted by molar-refractivity contribution is -0.109. The molecule has 0 heterocycles. The van der Waals surface area contributed by atoms with E-state index in [0.717, 1.165) is 25.7 Å². The van der Waals surface area contributed by atoms with Gasteiger partial charge < -0.3 is 0 Å². The second kappa shape index (κ2) is 7.47. The van der Waals surface area contributed by atoms with Crippen molar-refractivity contribution in [2.24, 2.45) is 0 Å². The Hall–Kier alpha value is -0.530. The molecule has 0 saturated heterocycles. The molecule has 0 aliphatic carbocycles. The fourth-order valence-corrected chi connectivity index (χ4v) is 0.609. The first-order chi connectivity index (χ1) is 4.41. The third kappa shape index (κ3) is 7.47. The molecule has 0 aromatic heterocycles. The number of unbranched alkanes of at least 4 members (excludes halogenated alkanes) is 3. The zero-order chi connectivity index (χ0) is 6.95. The molecule has 1 amide bonds. The van der Waals surface area contributed by atoms with Gasteiger partial charge in [0.2, 0.25) is 6.41 Å². The number of amides is 1. The molecule has 0 atom stereocenters. The lowest BCUT2D eigenvalue weighted by atomic mass is 10.2. The van der Waals surface area contributed by atoms with Crippen LogP contribution in [0, 0.1) is 6.92 Å². The highest BCUT2D eigenvalue weighted by molar-refractivity contribution is 5.45. The number of hydrogen-bond donors (Lipinski definition) is 0. The van der Waals surface area contributed by atoms with Gasteiger partial charge in [-0.05, 0) is 6.42 Å². The molecule has 0 aromatic carbocycles. The molecule has 0 aliphatic heterocycles. The molecule has 2 nitrogen and oxygen atoms in total. The molecule has 0 aliphatic rings. The topological polar surface area (TPSA) is 31.2 Å². The van der Waals surface area contributed by atoms with E-state index in [0.29, 0.717) is 13.0 Å². The van der Waals surface area contributed by atoms with Crippen molar-refractivity contribution in [3.63, 3.8) is 0 Å². The minimum Gasteiger partial charge on any atom is -0.277 e. The Morgan fingerprint density at radius 1 is 1.33 bits per heavy atom. The Bertz CT molecular complexity index is 63.9. The van der Waals surface area contributed by atoms with Crippen LogP contribution in [-0.4, -0.2) is 13.0 Å². The summed E-state index contributed by atoms with van der Waals surface area (Å²) in [7, 11) is 0. The van der Waals surface area contributed by atoms with Gasteiger partial charge in [-0.25, -0.2) is 0 Å². The molecule has 0 aromatic rings. The van der Waals surface area contributed by atoms with E-state index < -0.39 is 0 Å². The van der Waals surface area contributed by atoms with Crippen LogP contribution in [-0.2, 0) is 4.79 Å². The van der Waals surface area contributed by atoms with Gasteiger partial charge in [0.1, 0.15) is 0 Å². The van der Waals surface area contributed by atoms with E-state index >= 15 is 0 Å². The van der Waals surface area contributed by atoms with Gasteiger partial charge in [0.05, 0.1) is 0 Å². The number of rotatable bonds is 6. The SMILES string of the molecule is [CH2]CCCCC[N]C=O. The first-order valence-corrected chi connectivity index (χ1v) is 3.31. The van der Waals surface area contributed by atoms with Crippen LogP contribution in [0.1, 0.15) is 25.7 Å². The number of carbonyl (C=O) groups is 1. The smallest absolute Gasteiger partial charge is 0.228 e. The van der Waals surface area contributed by atoms with Crippen molar-refractivity contribution < 1.29 is 4.79 Å². The van der Waals surface area contributed by atoms with Crippen LogP contribution in [0.3, 0.4) is 0 Å². The average molecular weight is 127 g/mol. The summed E-state index contributed by atoms with van der Waals surface area (Å²) in [6, 6.07) is 0. The first kappa shape index (κ1) is 8.47. The van der Waals surface area contributed by atoms with E-state index in [2.05, 4.69) is 12.2 Å². The van der Waals surface area contributed by atoms with Crippen molar-refractivity contribution in [3.8, 4) is 0 Å². The van der Waals surface area contributed by atoms with Gasteiger partial charge in [-0.15, -0.1) is 0 Å². The zero-order valence-electron chi connectivity index (χ0n) is 5.68. The van der Waals surface area contributed by atoms with Gasteiger partial charge in [0.15, 0.2) is 0 Å². The van der Waals surface area contributed by atoms with Crippen molar-refractivity contribution in [2.45, 2.75) is 25.7 Å². The number of hydrogen-bond acceptors (Lipinski definition) is 1.